The summed E-state index contributed by atoms with van der Waals surface area (Å²) in [6.07, 6.45) is 4.28. The van der Waals surface area contributed by atoms with E-state index in [-0.39, 0.29) is 23.8 Å². The van der Waals surface area contributed by atoms with Crippen molar-refractivity contribution in [3.63, 3.8) is 0 Å². The largest absolute Gasteiger partial charge is 0.353 e. The van der Waals surface area contributed by atoms with Crippen LogP contribution in [-0.2, 0) is 4.79 Å². The number of carbonyl (C=O) groups is 1. The Morgan fingerprint density at radius 1 is 1.04 bits per heavy atom. The number of aryl methyl sites for hydroxylation is 1. The lowest BCUT2D eigenvalue weighted by molar-refractivity contribution is -0.134. The van der Waals surface area contributed by atoms with E-state index >= 15 is 0 Å². The SMILES string of the molecule is Cc1nccnc1N1CCN([C@H]2CCN([C@H](C)c3ccc(F)cc3)C2=O)CC1. The third kappa shape index (κ3) is 3.58. The number of anilines is 1. The molecule has 0 bridgehead atoms. The number of hydrogen-bond donors (Lipinski definition) is 0. The lowest BCUT2D eigenvalue weighted by Crippen LogP contribution is -2.53. The number of carbonyl (C=O) groups excluding carboxylic acids is 1. The van der Waals surface area contributed by atoms with Crippen LogP contribution < -0.4 is 4.90 Å². The van der Waals surface area contributed by atoms with Gasteiger partial charge in [0.1, 0.15) is 11.6 Å². The van der Waals surface area contributed by atoms with Crippen molar-refractivity contribution in [1.82, 2.24) is 19.8 Å². The maximum atomic E-state index is 13.2. The van der Waals surface area contributed by atoms with Gasteiger partial charge in [0.25, 0.3) is 0 Å². The Morgan fingerprint density at radius 3 is 2.39 bits per heavy atom. The second kappa shape index (κ2) is 7.83. The fraction of sp³-hybridized carbons (Fsp3) is 0.476. The lowest BCUT2D eigenvalue weighted by Gasteiger charge is -2.38. The molecule has 2 aromatic rings. The smallest absolute Gasteiger partial charge is 0.240 e. The molecule has 148 valence electrons. The molecule has 7 heteroatoms. The minimum absolute atomic E-state index is 0.0402. The molecule has 4 rings (SSSR count). The zero-order valence-electron chi connectivity index (χ0n) is 16.4. The van der Waals surface area contributed by atoms with Crippen LogP contribution in [0.25, 0.3) is 0 Å². The van der Waals surface area contributed by atoms with E-state index < -0.39 is 0 Å². The molecule has 0 aliphatic carbocycles. The highest BCUT2D eigenvalue weighted by atomic mass is 19.1. The first kappa shape index (κ1) is 18.8. The summed E-state index contributed by atoms with van der Waals surface area (Å²) in [7, 11) is 0. The Hall–Kier alpha value is -2.54. The highest BCUT2D eigenvalue weighted by Crippen LogP contribution is 2.29. The minimum Gasteiger partial charge on any atom is -0.353 e. The van der Waals surface area contributed by atoms with Crippen LogP contribution in [0.3, 0.4) is 0 Å². The van der Waals surface area contributed by atoms with Crippen LogP contribution in [0.1, 0.15) is 30.6 Å². The molecule has 0 unspecified atom stereocenters. The van der Waals surface area contributed by atoms with Gasteiger partial charge in [0.15, 0.2) is 0 Å². The van der Waals surface area contributed by atoms with Crippen LogP contribution in [0, 0.1) is 12.7 Å². The zero-order chi connectivity index (χ0) is 19.7. The number of likely N-dealkylation sites (tertiary alicyclic amines) is 1. The molecule has 3 heterocycles. The van der Waals surface area contributed by atoms with Crippen molar-refractivity contribution in [2.45, 2.75) is 32.4 Å². The molecule has 2 aliphatic heterocycles. The van der Waals surface area contributed by atoms with Gasteiger partial charge in [-0.05, 0) is 38.0 Å². The van der Waals surface area contributed by atoms with Crippen molar-refractivity contribution in [2.75, 3.05) is 37.6 Å². The van der Waals surface area contributed by atoms with Gasteiger partial charge in [-0.3, -0.25) is 14.7 Å². The predicted octanol–water partition coefficient (Wildman–Crippen LogP) is 2.41. The first-order valence-corrected chi connectivity index (χ1v) is 9.87. The third-order valence-electron chi connectivity index (χ3n) is 5.94. The maximum Gasteiger partial charge on any atom is 0.240 e. The molecule has 2 fully saturated rings. The van der Waals surface area contributed by atoms with Gasteiger partial charge in [0, 0.05) is 45.1 Å². The molecule has 2 saturated heterocycles. The van der Waals surface area contributed by atoms with E-state index in [1.54, 1.807) is 24.5 Å². The van der Waals surface area contributed by atoms with Crippen molar-refractivity contribution in [3.05, 3.63) is 53.7 Å². The Bertz CT molecular complexity index is 835. The fourth-order valence-electron chi connectivity index (χ4n) is 4.29. The summed E-state index contributed by atoms with van der Waals surface area (Å²) in [5.74, 6) is 0.866. The van der Waals surface area contributed by atoms with E-state index in [0.29, 0.717) is 0 Å². The van der Waals surface area contributed by atoms with Gasteiger partial charge in [-0.2, -0.15) is 0 Å². The van der Waals surface area contributed by atoms with E-state index in [4.69, 9.17) is 0 Å². The van der Waals surface area contributed by atoms with Crippen LogP contribution in [-0.4, -0.2) is 64.4 Å². The first-order chi connectivity index (χ1) is 13.5. The van der Waals surface area contributed by atoms with Gasteiger partial charge in [-0.1, -0.05) is 12.1 Å². The molecular formula is C21H26FN5O. The summed E-state index contributed by atoms with van der Waals surface area (Å²) in [5.41, 5.74) is 1.91. The average molecular weight is 383 g/mol. The van der Waals surface area contributed by atoms with Crippen LogP contribution >= 0.6 is 0 Å². The summed E-state index contributed by atoms with van der Waals surface area (Å²) in [5, 5.41) is 0. The van der Waals surface area contributed by atoms with E-state index in [2.05, 4.69) is 19.8 Å². The van der Waals surface area contributed by atoms with Gasteiger partial charge >= 0.3 is 0 Å². The second-order valence-corrected chi connectivity index (χ2v) is 7.55. The minimum atomic E-state index is -0.252. The number of aromatic nitrogens is 2. The molecule has 2 atom stereocenters. The molecule has 28 heavy (non-hydrogen) atoms. The summed E-state index contributed by atoms with van der Waals surface area (Å²) in [4.78, 5) is 28.3. The highest BCUT2D eigenvalue weighted by molar-refractivity contribution is 5.84. The standard InChI is InChI=1S/C21H26FN5O/c1-15-20(24-9-8-23-15)26-13-11-25(12-14-26)19-7-10-27(21(19)28)16(2)17-3-5-18(22)6-4-17/h3-6,8-9,16,19H,7,10-14H2,1-2H3/t16-,19+/m1/s1. The number of rotatable bonds is 4. The second-order valence-electron chi connectivity index (χ2n) is 7.55. The van der Waals surface area contributed by atoms with E-state index in [0.717, 1.165) is 56.2 Å². The molecule has 1 aromatic heterocycles. The van der Waals surface area contributed by atoms with Crippen molar-refractivity contribution >= 4 is 11.7 Å². The Morgan fingerprint density at radius 2 is 1.71 bits per heavy atom. The van der Waals surface area contributed by atoms with Gasteiger partial charge in [-0.25, -0.2) is 9.37 Å². The summed E-state index contributed by atoms with van der Waals surface area (Å²) < 4.78 is 13.2. The fourth-order valence-corrected chi connectivity index (χ4v) is 4.29. The van der Waals surface area contributed by atoms with Crippen molar-refractivity contribution in [3.8, 4) is 0 Å². The molecule has 0 saturated carbocycles. The average Bonchev–Trinajstić information content (AvgIpc) is 3.10. The normalized spacial score (nSPS) is 22.0. The molecule has 6 nitrogen and oxygen atoms in total. The summed E-state index contributed by atoms with van der Waals surface area (Å²) in [6, 6.07) is 6.34. The maximum absolute atomic E-state index is 13.2. The Balaban J connectivity index is 1.38. The number of amides is 1. The molecule has 0 radical (unpaired) electrons. The number of benzene rings is 1. The lowest BCUT2D eigenvalue weighted by atomic mass is 10.1. The quantitative estimate of drug-likeness (QED) is 0.812. The monoisotopic (exact) mass is 383 g/mol. The zero-order valence-corrected chi connectivity index (χ0v) is 16.4. The molecule has 0 N–H and O–H groups in total. The van der Waals surface area contributed by atoms with Gasteiger partial charge < -0.3 is 9.80 Å². The van der Waals surface area contributed by atoms with E-state index in [1.807, 2.05) is 18.7 Å². The highest BCUT2D eigenvalue weighted by Gasteiger charge is 2.39. The van der Waals surface area contributed by atoms with Crippen LogP contribution in [0.15, 0.2) is 36.7 Å². The molecular weight excluding hydrogens is 357 g/mol. The summed E-state index contributed by atoms with van der Waals surface area (Å²) >= 11 is 0. The predicted molar refractivity (Wildman–Crippen MR) is 105 cm³/mol. The van der Waals surface area contributed by atoms with Gasteiger partial charge in [-0.15, -0.1) is 0 Å². The summed E-state index contributed by atoms with van der Waals surface area (Å²) in [6.45, 7) is 8.10. The first-order valence-electron chi connectivity index (χ1n) is 9.87. The number of halogens is 1. The molecule has 1 amide bonds. The topological polar surface area (TPSA) is 52.6 Å². The van der Waals surface area contributed by atoms with Gasteiger partial charge in [0.05, 0.1) is 17.8 Å². The van der Waals surface area contributed by atoms with Gasteiger partial charge in [0.2, 0.25) is 5.91 Å². The van der Waals surface area contributed by atoms with Crippen LogP contribution in [0.2, 0.25) is 0 Å². The Labute approximate surface area is 165 Å². The molecule has 1 aromatic carbocycles. The van der Waals surface area contributed by atoms with Crippen LogP contribution in [0.4, 0.5) is 10.2 Å². The number of hydrogen-bond acceptors (Lipinski definition) is 5. The van der Waals surface area contributed by atoms with Crippen molar-refractivity contribution < 1.29 is 9.18 Å². The third-order valence-corrected chi connectivity index (χ3v) is 5.94. The van der Waals surface area contributed by atoms with E-state index in [9.17, 15) is 9.18 Å². The Kier molecular flexibility index (Phi) is 5.26. The molecule has 2 aliphatic rings. The van der Waals surface area contributed by atoms with Crippen molar-refractivity contribution in [2.24, 2.45) is 0 Å². The van der Waals surface area contributed by atoms with Crippen molar-refractivity contribution in [1.29, 1.82) is 0 Å². The van der Waals surface area contributed by atoms with E-state index in [1.165, 1.54) is 12.1 Å². The van der Waals surface area contributed by atoms with Crippen LogP contribution in [0.5, 0.6) is 0 Å². The number of nitrogens with zero attached hydrogens (tertiary/aromatic N) is 5. The number of piperazine rings is 1. The molecule has 0 spiro atoms.